The van der Waals surface area contributed by atoms with E-state index in [4.69, 9.17) is 0 Å². The molecule has 0 bridgehead atoms. The molecule has 1 N–H and O–H groups in total. The minimum atomic E-state index is -0.598. The number of aromatic nitrogens is 4. The van der Waals surface area contributed by atoms with E-state index < -0.39 is 17.7 Å². The number of hydrogen-bond donors (Lipinski definition) is 1. The van der Waals surface area contributed by atoms with Crippen molar-refractivity contribution in [1.82, 2.24) is 25.3 Å². The molecule has 6 rings (SSSR count). The van der Waals surface area contributed by atoms with Gasteiger partial charge >= 0.3 is 0 Å². The summed E-state index contributed by atoms with van der Waals surface area (Å²) in [5.41, 5.74) is 3.19. The number of nitrogens with zero attached hydrogens (tertiary/aromatic N) is 4. The number of rotatable bonds is 4. The van der Waals surface area contributed by atoms with Crippen molar-refractivity contribution < 1.29 is 8.78 Å². The van der Waals surface area contributed by atoms with Gasteiger partial charge in [0, 0.05) is 24.0 Å². The van der Waals surface area contributed by atoms with E-state index in [9.17, 15) is 8.78 Å². The van der Waals surface area contributed by atoms with Crippen LogP contribution in [-0.2, 0) is 0 Å². The zero-order chi connectivity index (χ0) is 24.5. The van der Waals surface area contributed by atoms with Crippen LogP contribution in [0.25, 0.3) is 44.8 Å². The third-order valence-corrected chi connectivity index (χ3v) is 5.97. The number of pyridine rings is 1. The minimum absolute atomic E-state index is 0.206. The van der Waals surface area contributed by atoms with Crippen LogP contribution in [0.15, 0.2) is 109 Å². The largest absolute Gasteiger partial charge is 0.378 e. The molecule has 7 heteroatoms. The molecule has 1 aliphatic heterocycles. The Bertz CT molecular complexity index is 1640. The van der Waals surface area contributed by atoms with Crippen molar-refractivity contribution in [3.8, 4) is 34.0 Å². The second-order valence-corrected chi connectivity index (χ2v) is 8.33. The average molecular weight is 476 g/mol. The topological polar surface area (TPSA) is 63.6 Å². The molecule has 0 saturated carbocycles. The third-order valence-electron chi connectivity index (χ3n) is 5.97. The summed E-state index contributed by atoms with van der Waals surface area (Å²) in [4.78, 5) is 17.9. The van der Waals surface area contributed by atoms with Crippen molar-refractivity contribution in [3.05, 3.63) is 121 Å². The first kappa shape index (κ1) is 21.7. The number of dihydropyridines is 1. The summed E-state index contributed by atoms with van der Waals surface area (Å²) in [6.45, 7) is 0. The predicted octanol–water partition coefficient (Wildman–Crippen LogP) is 6.57. The third kappa shape index (κ3) is 4.22. The Labute approximate surface area is 205 Å². The fourth-order valence-electron chi connectivity index (χ4n) is 4.22. The van der Waals surface area contributed by atoms with Gasteiger partial charge in [-0.25, -0.2) is 23.7 Å². The van der Waals surface area contributed by atoms with E-state index in [1.165, 1.54) is 47.5 Å². The molecule has 0 radical (unpaired) electrons. The van der Waals surface area contributed by atoms with E-state index in [1.54, 1.807) is 0 Å². The number of halogens is 2. The molecule has 1 aliphatic rings. The van der Waals surface area contributed by atoms with E-state index in [0.717, 1.165) is 16.7 Å². The summed E-state index contributed by atoms with van der Waals surface area (Å²) in [5, 5.41) is 5.37. The lowest BCUT2D eigenvalue weighted by atomic mass is 9.97. The van der Waals surface area contributed by atoms with Crippen LogP contribution in [0.5, 0.6) is 0 Å². The Kier molecular flexibility index (Phi) is 5.50. The lowest BCUT2D eigenvalue weighted by Gasteiger charge is -2.16. The van der Waals surface area contributed by atoms with Gasteiger partial charge in [0.2, 0.25) is 0 Å². The Hall–Kier alpha value is -4.78. The first-order chi connectivity index (χ1) is 17.6. The molecule has 1 atom stereocenters. The average Bonchev–Trinajstić information content (AvgIpc) is 2.92. The molecule has 0 saturated heterocycles. The summed E-state index contributed by atoms with van der Waals surface area (Å²) >= 11 is 0. The highest BCUT2D eigenvalue weighted by Gasteiger charge is 2.19. The molecule has 0 fully saturated rings. The molecule has 3 heterocycles. The monoisotopic (exact) mass is 475 g/mol. The second kappa shape index (κ2) is 9.11. The van der Waals surface area contributed by atoms with Crippen LogP contribution < -0.4 is 5.32 Å². The first-order valence-electron chi connectivity index (χ1n) is 11.4. The van der Waals surface area contributed by atoms with Gasteiger partial charge < -0.3 is 5.32 Å². The lowest BCUT2D eigenvalue weighted by Crippen LogP contribution is -2.20. The van der Waals surface area contributed by atoms with Gasteiger partial charge in [-0.15, -0.1) is 0 Å². The van der Waals surface area contributed by atoms with E-state index in [2.05, 4.69) is 49.5 Å². The fourth-order valence-corrected chi connectivity index (χ4v) is 4.22. The molecule has 174 valence electrons. The second-order valence-electron chi connectivity index (χ2n) is 8.33. The first-order valence-corrected chi connectivity index (χ1v) is 11.4. The summed E-state index contributed by atoms with van der Waals surface area (Å²) in [7, 11) is 0. The van der Waals surface area contributed by atoms with Crippen LogP contribution in [0.4, 0.5) is 8.78 Å². The molecule has 5 aromatic rings. The zero-order valence-electron chi connectivity index (χ0n) is 18.9. The van der Waals surface area contributed by atoms with Gasteiger partial charge in [-0.2, -0.15) is 0 Å². The van der Waals surface area contributed by atoms with Crippen LogP contribution >= 0.6 is 0 Å². The molecular formula is C29H19F2N5. The van der Waals surface area contributed by atoms with Crippen LogP contribution in [0, 0.1) is 5.82 Å². The summed E-state index contributed by atoms with van der Waals surface area (Å²) in [6.07, 6.45) is 5.56. The molecule has 3 aromatic carbocycles. The van der Waals surface area contributed by atoms with Crippen molar-refractivity contribution >= 4 is 10.8 Å². The highest BCUT2D eigenvalue weighted by molar-refractivity contribution is 5.96. The zero-order valence-corrected chi connectivity index (χ0v) is 18.9. The van der Waals surface area contributed by atoms with Gasteiger partial charge in [0.25, 0.3) is 0 Å². The normalized spacial score (nSPS) is 14.9. The molecule has 5 nitrogen and oxygen atoms in total. The Morgan fingerprint density at radius 1 is 0.750 bits per heavy atom. The predicted molar refractivity (Wildman–Crippen MR) is 136 cm³/mol. The highest BCUT2D eigenvalue weighted by atomic mass is 19.1. The molecule has 1 unspecified atom stereocenters. The van der Waals surface area contributed by atoms with Crippen molar-refractivity contribution in [2.24, 2.45) is 0 Å². The maximum absolute atomic E-state index is 13.9. The number of allylic oxidation sites excluding steroid dienone is 2. The highest BCUT2D eigenvalue weighted by Crippen LogP contribution is 2.31. The van der Waals surface area contributed by atoms with Gasteiger partial charge in [0.05, 0.1) is 0 Å². The lowest BCUT2D eigenvalue weighted by molar-refractivity contribution is 0.605. The molecular weight excluding hydrogens is 456 g/mol. The van der Waals surface area contributed by atoms with Crippen LogP contribution in [0.3, 0.4) is 0 Å². The van der Waals surface area contributed by atoms with Crippen molar-refractivity contribution in [3.63, 3.8) is 0 Å². The van der Waals surface area contributed by atoms with E-state index in [-0.39, 0.29) is 11.5 Å². The quantitative estimate of drug-likeness (QED) is 0.318. The van der Waals surface area contributed by atoms with Gasteiger partial charge in [-0.3, -0.25) is 4.98 Å². The minimum Gasteiger partial charge on any atom is -0.378 e. The number of hydrogen-bond acceptors (Lipinski definition) is 5. The smallest absolute Gasteiger partial charge is 0.182 e. The Morgan fingerprint density at radius 3 is 2.36 bits per heavy atom. The van der Waals surface area contributed by atoms with E-state index in [1.807, 2.05) is 42.5 Å². The molecule has 36 heavy (non-hydrogen) atoms. The SMILES string of the molecule is FC1=CC(c2nc(-c3ccc(-c4cccc5ccccc45)cc3)nc(-c3cc(F)ccn3)n2)NC=C1. The molecule has 0 amide bonds. The summed E-state index contributed by atoms with van der Waals surface area (Å²) in [6, 6.07) is 24.3. The standard InChI is InChI=1S/C29H19F2N5/c30-21-12-14-32-25(16-21)28-34-27(35-29(36-28)26-17-22(31)13-15-33-26)20-10-8-19(9-11-20)24-7-3-5-18-4-1-2-6-23(18)24/h1-17,25,32H. The number of nitrogens with one attached hydrogen (secondary N) is 1. The Balaban J connectivity index is 1.44. The van der Waals surface area contributed by atoms with E-state index >= 15 is 0 Å². The van der Waals surface area contributed by atoms with Crippen LogP contribution in [-0.4, -0.2) is 19.9 Å². The fraction of sp³-hybridized carbons (Fsp3) is 0.0345. The van der Waals surface area contributed by atoms with Crippen molar-refractivity contribution in [2.45, 2.75) is 6.04 Å². The number of benzene rings is 3. The molecule has 0 spiro atoms. The van der Waals surface area contributed by atoms with Crippen molar-refractivity contribution in [1.29, 1.82) is 0 Å². The molecule has 2 aromatic heterocycles. The van der Waals surface area contributed by atoms with Crippen molar-refractivity contribution in [2.75, 3.05) is 0 Å². The van der Waals surface area contributed by atoms with Gasteiger partial charge in [-0.05, 0) is 40.1 Å². The maximum atomic E-state index is 13.9. The van der Waals surface area contributed by atoms with Gasteiger partial charge in [0.1, 0.15) is 23.4 Å². The number of fused-ring (bicyclic) bond motifs is 1. The van der Waals surface area contributed by atoms with Gasteiger partial charge in [0.15, 0.2) is 17.5 Å². The maximum Gasteiger partial charge on any atom is 0.182 e. The van der Waals surface area contributed by atoms with Crippen LogP contribution in [0.1, 0.15) is 11.9 Å². The van der Waals surface area contributed by atoms with E-state index in [0.29, 0.717) is 11.6 Å². The summed E-state index contributed by atoms with van der Waals surface area (Å²) < 4.78 is 27.8. The van der Waals surface area contributed by atoms with Crippen LogP contribution in [0.2, 0.25) is 0 Å². The Morgan fingerprint density at radius 2 is 1.53 bits per heavy atom. The molecule has 0 aliphatic carbocycles. The summed E-state index contributed by atoms with van der Waals surface area (Å²) in [5.74, 6) is 0.0466. The van der Waals surface area contributed by atoms with Gasteiger partial charge in [-0.1, -0.05) is 66.7 Å².